The smallest absolute Gasteiger partial charge is 0.251 e. The maximum absolute atomic E-state index is 12.9. The van der Waals surface area contributed by atoms with Crippen LogP contribution >= 0.6 is 47.0 Å². The van der Waals surface area contributed by atoms with Gasteiger partial charge in [-0.15, -0.1) is 0 Å². The van der Waals surface area contributed by atoms with Crippen molar-refractivity contribution in [3.05, 3.63) is 79.5 Å². The molecule has 1 aromatic carbocycles. The largest absolute Gasteiger partial charge is 0.378 e. The van der Waals surface area contributed by atoms with Crippen LogP contribution in [0.25, 0.3) is 22.2 Å². The topological polar surface area (TPSA) is 52.3 Å². The van der Waals surface area contributed by atoms with Crippen molar-refractivity contribution in [2.45, 2.75) is 6.54 Å². The number of benzene rings is 1. The van der Waals surface area contributed by atoms with Crippen LogP contribution in [-0.4, -0.2) is 39.8 Å². The highest BCUT2D eigenvalue weighted by molar-refractivity contribution is 14.1. The van der Waals surface area contributed by atoms with E-state index in [1.54, 1.807) is 14.6 Å². The molecule has 4 heterocycles. The number of halogens is 2. The molecule has 0 atom stereocenters. The van der Waals surface area contributed by atoms with E-state index in [0.717, 1.165) is 50.1 Å². The summed E-state index contributed by atoms with van der Waals surface area (Å²) in [7, 11) is 0. The molecule has 9 heteroatoms. The molecule has 6 nitrogen and oxygen atoms in total. The summed E-state index contributed by atoms with van der Waals surface area (Å²) in [6.45, 7) is 3.56. The minimum absolute atomic E-state index is 0.0742. The van der Waals surface area contributed by atoms with E-state index in [1.165, 1.54) is 0 Å². The first kappa shape index (κ1) is 21.8. The number of pyridine rings is 2. The van der Waals surface area contributed by atoms with Crippen molar-refractivity contribution < 1.29 is 4.74 Å². The Hall–Kier alpha value is -2.01. The first-order valence-corrected chi connectivity index (χ1v) is 12.0. The van der Waals surface area contributed by atoms with Crippen molar-refractivity contribution in [1.82, 2.24) is 13.5 Å². The minimum atomic E-state index is -0.0742. The van der Waals surface area contributed by atoms with Crippen molar-refractivity contribution in [3.8, 4) is 11.1 Å². The van der Waals surface area contributed by atoms with E-state index in [4.69, 9.17) is 16.3 Å². The van der Waals surface area contributed by atoms with Crippen molar-refractivity contribution in [2.24, 2.45) is 0 Å². The molecule has 32 heavy (non-hydrogen) atoms. The zero-order valence-corrected chi connectivity index (χ0v) is 20.8. The van der Waals surface area contributed by atoms with E-state index in [0.29, 0.717) is 24.8 Å². The average Bonchev–Trinajstić information content (AvgIpc) is 3.11. The SMILES string of the molecule is O=c1cc(-c2cn(S)c3ncc(N4CCOCC4)cc23)ccn1Cc1cc(Cl)cc(I)c1. The van der Waals surface area contributed by atoms with Gasteiger partial charge in [0.2, 0.25) is 0 Å². The molecular formula is C23H20ClIN4O2S. The minimum Gasteiger partial charge on any atom is -0.378 e. The highest BCUT2D eigenvalue weighted by Crippen LogP contribution is 2.32. The molecule has 0 radical (unpaired) electrons. The number of anilines is 1. The van der Waals surface area contributed by atoms with Crippen LogP contribution in [0.3, 0.4) is 0 Å². The standard InChI is InChI=1S/C23H20ClIN4O2S/c24-17-7-15(8-18(25)10-17)13-28-2-1-16(9-22(28)30)21-14-29(32)23-20(21)11-19(12-26-23)27-3-5-31-6-4-27/h1-2,7-12,14,32H,3-6,13H2. The molecule has 0 unspecified atom stereocenters. The molecule has 1 saturated heterocycles. The maximum atomic E-state index is 12.9. The number of aromatic nitrogens is 3. The van der Waals surface area contributed by atoms with E-state index in [9.17, 15) is 4.79 Å². The van der Waals surface area contributed by atoms with Gasteiger partial charge in [-0.2, -0.15) is 0 Å². The summed E-state index contributed by atoms with van der Waals surface area (Å²) in [4.78, 5) is 19.8. The molecule has 1 fully saturated rings. The Bertz CT molecular complexity index is 1340. The van der Waals surface area contributed by atoms with Gasteiger partial charge in [-0.3, -0.25) is 8.77 Å². The summed E-state index contributed by atoms with van der Waals surface area (Å²) in [5.74, 6) is 0. The molecule has 1 aliphatic heterocycles. The van der Waals surface area contributed by atoms with Gasteiger partial charge in [0.15, 0.2) is 5.65 Å². The highest BCUT2D eigenvalue weighted by Gasteiger charge is 2.16. The van der Waals surface area contributed by atoms with Crippen LogP contribution in [-0.2, 0) is 11.3 Å². The summed E-state index contributed by atoms with van der Waals surface area (Å²) in [5.41, 5.74) is 4.49. The van der Waals surface area contributed by atoms with E-state index in [-0.39, 0.29) is 5.56 Å². The van der Waals surface area contributed by atoms with Crippen LogP contribution in [0.2, 0.25) is 5.02 Å². The molecule has 0 spiro atoms. The van der Waals surface area contributed by atoms with Crippen LogP contribution in [0.4, 0.5) is 5.69 Å². The van der Waals surface area contributed by atoms with Crippen molar-refractivity contribution in [1.29, 1.82) is 0 Å². The predicted octanol–water partition coefficient (Wildman–Crippen LogP) is 4.70. The molecule has 0 amide bonds. The Labute approximate surface area is 209 Å². The molecule has 0 bridgehead atoms. The lowest BCUT2D eigenvalue weighted by Crippen LogP contribution is -2.36. The van der Waals surface area contributed by atoms with Crippen LogP contribution in [0, 0.1) is 3.57 Å². The number of nitrogens with zero attached hydrogens (tertiary/aromatic N) is 4. The maximum Gasteiger partial charge on any atom is 0.251 e. The lowest BCUT2D eigenvalue weighted by atomic mass is 10.1. The second-order valence-corrected chi connectivity index (χ2v) is 9.82. The molecule has 3 aromatic heterocycles. The summed E-state index contributed by atoms with van der Waals surface area (Å²) < 4.78 is 9.89. The number of fused-ring (bicyclic) bond motifs is 1. The van der Waals surface area contributed by atoms with E-state index in [2.05, 4.69) is 51.4 Å². The number of thiol groups is 1. The fourth-order valence-corrected chi connectivity index (χ4v) is 5.46. The van der Waals surface area contributed by atoms with Gasteiger partial charge >= 0.3 is 0 Å². The van der Waals surface area contributed by atoms with Gasteiger partial charge in [-0.05, 0) is 64.0 Å². The van der Waals surface area contributed by atoms with Gasteiger partial charge in [0.25, 0.3) is 5.56 Å². The third-order valence-corrected chi connectivity index (χ3v) is 6.72. The van der Waals surface area contributed by atoms with Crippen molar-refractivity contribution in [2.75, 3.05) is 31.2 Å². The normalized spacial score (nSPS) is 14.3. The van der Waals surface area contributed by atoms with Gasteiger partial charge in [0, 0.05) is 51.1 Å². The summed E-state index contributed by atoms with van der Waals surface area (Å²) in [6.07, 6.45) is 5.60. The molecule has 164 valence electrons. The fraction of sp³-hybridized carbons (Fsp3) is 0.217. The molecule has 5 rings (SSSR count). The lowest BCUT2D eigenvalue weighted by molar-refractivity contribution is 0.122. The summed E-state index contributed by atoms with van der Waals surface area (Å²) in [6, 6.07) is 11.6. The number of rotatable bonds is 4. The summed E-state index contributed by atoms with van der Waals surface area (Å²) in [5, 5.41) is 1.63. The monoisotopic (exact) mass is 578 g/mol. The number of hydrogen-bond donors (Lipinski definition) is 1. The second kappa shape index (κ2) is 9.09. The number of ether oxygens (including phenoxy) is 1. The average molecular weight is 579 g/mol. The van der Waals surface area contributed by atoms with E-state index in [1.807, 2.05) is 42.9 Å². The predicted molar refractivity (Wildman–Crippen MR) is 140 cm³/mol. The van der Waals surface area contributed by atoms with Crippen LogP contribution < -0.4 is 10.5 Å². The lowest BCUT2D eigenvalue weighted by Gasteiger charge is -2.28. The van der Waals surface area contributed by atoms with E-state index >= 15 is 0 Å². The van der Waals surface area contributed by atoms with Gasteiger partial charge in [0.05, 0.1) is 31.6 Å². The fourth-order valence-electron chi connectivity index (χ4n) is 4.01. The molecular weight excluding hydrogens is 559 g/mol. The number of hydrogen-bond acceptors (Lipinski definition) is 5. The Morgan fingerprint density at radius 1 is 1.16 bits per heavy atom. The molecule has 4 aromatic rings. The zero-order chi connectivity index (χ0) is 22.2. The van der Waals surface area contributed by atoms with Gasteiger partial charge < -0.3 is 14.2 Å². The quantitative estimate of drug-likeness (QED) is 0.282. The molecule has 0 saturated carbocycles. The third-order valence-electron chi connectivity index (χ3n) is 5.57. The van der Waals surface area contributed by atoms with Crippen molar-refractivity contribution in [3.63, 3.8) is 0 Å². The first-order chi connectivity index (χ1) is 15.5. The number of morpholine rings is 1. The Morgan fingerprint density at radius 3 is 2.72 bits per heavy atom. The van der Waals surface area contributed by atoms with Gasteiger partial charge in [0.1, 0.15) is 0 Å². The van der Waals surface area contributed by atoms with E-state index < -0.39 is 0 Å². The molecule has 0 N–H and O–H groups in total. The summed E-state index contributed by atoms with van der Waals surface area (Å²) >= 11 is 12.9. The van der Waals surface area contributed by atoms with Crippen LogP contribution in [0.15, 0.2) is 59.8 Å². The molecule has 1 aliphatic rings. The van der Waals surface area contributed by atoms with Crippen molar-refractivity contribution >= 4 is 63.7 Å². The van der Waals surface area contributed by atoms with Crippen LogP contribution in [0.1, 0.15) is 5.56 Å². The Balaban J connectivity index is 1.50. The Morgan fingerprint density at radius 2 is 1.97 bits per heavy atom. The first-order valence-electron chi connectivity index (χ1n) is 10.2. The molecule has 0 aliphatic carbocycles. The van der Waals surface area contributed by atoms with Gasteiger partial charge in [-0.25, -0.2) is 4.98 Å². The third kappa shape index (κ3) is 4.41. The zero-order valence-electron chi connectivity index (χ0n) is 17.0. The Kier molecular flexibility index (Phi) is 6.20. The van der Waals surface area contributed by atoms with Crippen LogP contribution in [0.5, 0.6) is 0 Å². The second-order valence-electron chi connectivity index (χ2n) is 7.71. The van der Waals surface area contributed by atoms with Gasteiger partial charge in [-0.1, -0.05) is 24.4 Å². The highest BCUT2D eigenvalue weighted by atomic mass is 127.